The Balaban J connectivity index is 2.70. The highest BCUT2D eigenvalue weighted by Crippen LogP contribution is 2.19. The lowest BCUT2D eigenvalue weighted by atomic mass is 10.0. The van der Waals surface area contributed by atoms with E-state index in [1.807, 2.05) is 0 Å². The Bertz CT molecular complexity index is 431. The molecule has 1 aromatic carbocycles. The van der Waals surface area contributed by atoms with E-state index in [0.717, 1.165) is 0 Å². The highest BCUT2D eigenvalue weighted by molar-refractivity contribution is 5.91. The van der Waals surface area contributed by atoms with Gasteiger partial charge in [0, 0.05) is 12.8 Å². The number of rotatable bonds is 6. The van der Waals surface area contributed by atoms with Crippen LogP contribution in [0.25, 0.3) is 0 Å². The Labute approximate surface area is 106 Å². The molecule has 5 nitrogen and oxygen atoms in total. The van der Waals surface area contributed by atoms with Crippen LogP contribution in [0, 0.1) is 0 Å². The summed E-state index contributed by atoms with van der Waals surface area (Å²) < 4.78 is 4.81. The molecule has 5 heteroatoms. The second-order valence-electron chi connectivity index (χ2n) is 3.98. The number of nitrogens with one attached hydrogen (secondary N) is 1. The van der Waals surface area contributed by atoms with Gasteiger partial charge in [-0.15, -0.1) is 0 Å². The molecule has 0 fully saturated rings. The maximum absolute atomic E-state index is 11.5. The van der Waals surface area contributed by atoms with Gasteiger partial charge in [0.25, 0.3) is 0 Å². The molecule has 0 aliphatic rings. The number of hydrogen-bond acceptors (Lipinski definition) is 3. The van der Waals surface area contributed by atoms with E-state index in [1.165, 1.54) is 7.11 Å². The van der Waals surface area contributed by atoms with Crippen LogP contribution in [-0.2, 0) is 14.3 Å². The van der Waals surface area contributed by atoms with Crippen molar-refractivity contribution in [2.24, 2.45) is 0 Å². The second-order valence-corrected chi connectivity index (χ2v) is 3.98. The van der Waals surface area contributed by atoms with Gasteiger partial charge in [-0.05, 0) is 24.6 Å². The number of aliphatic carboxylic acids is 1. The van der Waals surface area contributed by atoms with Crippen LogP contribution in [0.15, 0.2) is 24.3 Å². The summed E-state index contributed by atoms with van der Waals surface area (Å²) in [5.74, 6) is -1.64. The van der Waals surface area contributed by atoms with Crippen LogP contribution < -0.4 is 5.32 Å². The van der Waals surface area contributed by atoms with Crippen LogP contribution in [-0.4, -0.2) is 30.7 Å². The number of amides is 1. The van der Waals surface area contributed by atoms with Crippen molar-refractivity contribution in [3.63, 3.8) is 0 Å². The minimum atomic E-state index is -0.891. The van der Waals surface area contributed by atoms with Gasteiger partial charge in [-0.25, -0.2) is 0 Å². The molecule has 0 aromatic heterocycles. The highest BCUT2D eigenvalue weighted by Gasteiger charge is 2.14. The van der Waals surface area contributed by atoms with Crippen LogP contribution >= 0.6 is 0 Å². The van der Waals surface area contributed by atoms with E-state index < -0.39 is 11.9 Å². The normalized spacial score (nSPS) is 11.9. The first kappa shape index (κ1) is 14.2. The summed E-state index contributed by atoms with van der Waals surface area (Å²) in [6.45, 7) is 1.96. The van der Waals surface area contributed by atoms with Crippen LogP contribution in [0.1, 0.15) is 24.8 Å². The van der Waals surface area contributed by atoms with Crippen LogP contribution in [0.3, 0.4) is 0 Å². The molecule has 1 rings (SSSR count). The van der Waals surface area contributed by atoms with Crippen molar-refractivity contribution in [1.82, 2.24) is 0 Å². The second kappa shape index (κ2) is 6.76. The quantitative estimate of drug-likeness (QED) is 0.809. The third-order valence-corrected chi connectivity index (χ3v) is 2.57. The zero-order chi connectivity index (χ0) is 13.5. The number of ether oxygens (including phenoxy) is 1. The van der Waals surface area contributed by atoms with Crippen molar-refractivity contribution in [1.29, 1.82) is 0 Å². The largest absolute Gasteiger partial charge is 0.481 e. The summed E-state index contributed by atoms with van der Waals surface area (Å²) in [5, 5.41) is 11.6. The molecule has 0 aliphatic carbocycles. The molecule has 2 N–H and O–H groups in total. The van der Waals surface area contributed by atoms with Gasteiger partial charge < -0.3 is 15.2 Å². The molecule has 1 atom stereocenters. The number of hydrogen-bond donors (Lipinski definition) is 2. The standard InChI is InChI=1S/C13H17NO4/c1-9(13(16)17)10-4-3-5-11(8-10)14-12(15)6-7-18-2/h3-5,8-9H,6-7H2,1-2H3,(H,14,15)(H,16,17). The zero-order valence-electron chi connectivity index (χ0n) is 10.5. The Morgan fingerprint density at radius 1 is 1.44 bits per heavy atom. The number of methoxy groups -OCH3 is 1. The Morgan fingerprint density at radius 3 is 2.78 bits per heavy atom. The van der Waals surface area contributed by atoms with Gasteiger partial charge >= 0.3 is 5.97 Å². The van der Waals surface area contributed by atoms with Crippen molar-refractivity contribution >= 4 is 17.6 Å². The monoisotopic (exact) mass is 251 g/mol. The number of carbonyl (C=O) groups excluding carboxylic acids is 1. The molecule has 0 saturated heterocycles. The van der Waals surface area contributed by atoms with Gasteiger partial charge in [0.1, 0.15) is 0 Å². The maximum Gasteiger partial charge on any atom is 0.310 e. The molecular weight excluding hydrogens is 234 g/mol. The van der Waals surface area contributed by atoms with E-state index >= 15 is 0 Å². The fraction of sp³-hybridized carbons (Fsp3) is 0.385. The van der Waals surface area contributed by atoms with E-state index in [0.29, 0.717) is 17.9 Å². The first-order valence-corrected chi connectivity index (χ1v) is 5.66. The lowest BCUT2D eigenvalue weighted by Gasteiger charge is -2.10. The van der Waals surface area contributed by atoms with Crippen molar-refractivity contribution in [3.05, 3.63) is 29.8 Å². The topological polar surface area (TPSA) is 75.6 Å². The number of benzene rings is 1. The Kier molecular flexibility index (Phi) is 5.32. The molecule has 1 amide bonds. The van der Waals surface area contributed by atoms with E-state index in [-0.39, 0.29) is 12.3 Å². The molecule has 98 valence electrons. The predicted octanol–water partition coefficient (Wildman–Crippen LogP) is 1.85. The van der Waals surface area contributed by atoms with E-state index in [4.69, 9.17) is 9.84 Å². The number of anilines is 1. The Hall–Kier alpha value is -1.88. The summed E-state index contributed by atoms with van der Waals surface area (Å²) in [6, 6.07) is 6.84. The van der Waals surface area contributed by atoms with Gasteiger partial charge in [-0.2, -0.15) is 0 Å². The minimum absolute atomic E-state index is 0.156. The first-order valence-electron chi connectivity index (χ1n) is 5.66. The molecule has 1 unspecified atom stereocenters. The van der Waals surface area contributed by atoms with Gasteiger partial charge in [0.15, 0.2) is 0 Å². The third-order valence-electron chi connectivity index (χ3n) is 2.57. The van der Waals surface area contributed by atoms with Gasteiger partial charge in [-0.3, -0.25) is 9.59 Å². The summed E-state index contributed by atoms with van der Waals surface area (Å²) >= 11 is 0. The maximum atomic E-state index is 11.5. The van der Waals surface area contributed by atoms with E-state index in [2.05, 4.69) is 5.32 Å². The SMILES string of the molecule is COCCC(=O)Nc1cccc(C(C)C(=O)O)c1. The fourth-order valence-corrected chi connectivity index (χ4v) is 1.45. The minimum Gasteiger partial charge on any atom is -0.481 e. The van der Waals surface area contributed by atoms with Crippen LogP contribution in [0.5, 0.6) is 0 Å². The molecule has 0 radical (unpaired) electrons. The predicted molar refractivity (Wildman–Crippen MR) is 67.6 cm³/mol. The zero-order valence-corrected chi connectivity index (χ0v) is 10.5. The summed E-state index contributed by atoms with van der Waals surface area (Å²) in [4.78, 5) is 22.3. The molecule has 0 heterocycles. The van der Waals surface area contributed by atoms with Gasteiger partial charge in [0.05, 0.1) is 18.9 Å². The smallest absolute Gasteiger partial charge is 0.310 e. The summed E-state index contributed by atoms with van der Waals surface area (Å²) in [6.07, 6.45) is 0.273. The summed E-state index contributed by atoms with van der Waals surface area (Å²) in [7, 11) is 1.53. The number of carboxylic acids is 1. The molecule has 0 saturated carbocycles. The highest BCUT2D eigenvalue weighted by atomic mass is 16.5. The molecule has 0 spiro atoms. The number of carbonyl (C=O) groups is 2. The van der Waals surface area contributed by atoms with Crippen LogP contribution in [0.4, 0.5) is 5.69 Å². The van der Waals surface area contributed by atoms with Crippen molar-refractivity contribution in [2.75, 3.05) is 19.0 Å². The van der Waals surface area contributed by atoms with E-state index in [1.54, 1.807) is 31.2 Å². The molecule has 0 aliphatic heterocycles. The summed E-state index contributed by atoms with van der Waals surface area (Å²) in [5.41, 5.74) is 1.26. The van der Waals surface area contributed by atoms with Crippen molar-refractivity contribution < 1.29 is 19.4 Å². The van der Waals surface area contributed by atoms with Crippen LogP contribution in [0.2, 0.25) is 0 Å². The van der Waals surface area contributed by atoms with E-state index in [9.17, 15) is 9.59 Å². The lowest BCUT2D eigenvalue weighted by Crippen LogP contribution is -2.14. The number of carboxylic acid groups (broad SMARTS) is 1. The third kappa shape index (κ3) is 4.18. The average molecular weight is 251 g/mol. The molecular formula is C13H17NO4. The van der Waals surface area contributed by atoms with Crippen molar-refractivity contribution in [3.8, 4) is 0 Å². The lowest BCUT2D eigenvalue weighted by molar-refractivity contribution is -0.138. The fourth-order valence-electron chi connectivity index (χ4n) is 1.45. The van der Waals surface area contributed by atoms with Gasteiger partial charge in [-0.1, -0.05) is 12.1 Å². The van der Waals surface area contributed by atoms with Crippen molar-refractivity contribution in [2.45, 2.75) is 19.3 Å². The Morgan fingerprint density at radius 2 is 2.17 bits per heavy atom. The molecule has 0 bridgehead atoms. The molecule has 1 aromatic rings. The van der Waals surface area contributed by atoms with Gasteiger partial charge in [0.2, 0.25) is 5.91 Å². The molecule has 18 heavy (non-hydrogen) atoms. The average Bonchev–Trinajstić information content (AvgIpc) is 2.35. The first-order chi connectivity index (χ1) is 8.54.